The molecule has 12 heavy (non-hydrogen) atoms. The highest BCUT2D eigenvalue weighted by atomic mass is 15.1. The predicted molar refractivity (Wildman–Crippen MR) is 50.4 cm³/mol. The van der Waals surface area contributed by atoms with Gasteiger partial charge in [0, 0.05) is 18.8 Å². The minimum atomic E-state index is 0.521. The summed E-state index contributed by atoms with van der Waals surface area (Å²) in [7, 11) is 0. The van der Waals surface area contributed by atoms with Crippen LogP contribution in [0.4, 0.5) is 11.5 Å². The zero-order chi connectivity index (χ0) is 8.39. The van der Waals surface area contributed by atoms with Crippen molar-refractivity contribution < 1.29 is 0 Å². The fourth-order valence-corrected chi connectivity index (χ4v) is 1.39. The number of fused-ring (bicyclic) bond motifs is 1. The van der Waals surface area contributed by atoms with Gasteiger partial charge in [-0.3, -0.25) is 0 Å². The van der Waals surface area contributed by atoms with E-state index < -0.39 is 0 Å². The van der Waals surface area contributed by atoms with Crippen LogP contribution < -0.4 is 10.6 Å². The molecule has 1 aromatic rings. The third kappa shape index (κ3) is 1.22. The normalized spacial score (nSPS) is 20.6. The van der Waals surface area contributed by atoms with Crippen molar-refractivity contribution in [3.63, 3.8) is 0 Å². The maximum Gasteiger partial charge on any atom is 0.149 e. The molecule has 0 aromatic carbocycles. The lowest BCUT2D eigenvalue weighted by molar-refractivity contribution is 0.708. The Kier molecular flexibility index (Phi) is 1.86. The third-order valence-electron chi connectivity index (χ3n) is 2.18. The average molecular weight is 163 g/mol. The van der Waals surface area contributed by atoms with Gasteiger partial charge in [0.15, 0.2) is 0 Å². The lowest BCUT2D eigenvalue weighted by atomic mass is 10.2. The summed E-state index contributed by atoms with van der Waals surface area (Å²) in [5.41, 5.74) is 1.11. The number of aromatic nitrogens is 1. The average Bonchev–Trinajstić information content (AvgIpc) is 2.17. The van der Waals surface area contributed by atoms with Gasteiger partial charge in [-0.25, -0.2) is 4.98 Å². The first-order valence-electron chi connectivity index (χ1n) is 4.35. The summed E-state index contributed by atoms with van der Waals surface area (Å²) >= 11 is 0. The van der Waals surface area contributed by atoms with Gasteiger partial charge in [-0.1, -0.05) is 6.92 Å². The first-order chi connectivity index (χ1) is 5.90. The Balaban J connectivity index is 2.23. The van der Waals surface area contributed by atoms with Crippen molar-refractivity contribution in [2.75, 3.05) is 17.2 Å². The molecule has 0 radical (unpaired) electrons. The van der Waals surface area contributed by atoms with Crippen LogP contribution in [0.25, 0.3) is 0 Å². The maximum atomic E-state index is 4.24. The Hall–Kier alpha value is -1.25. The molecule has 2 heterocycles. The minimum Gasteiger partial charge on any atom is -0.380 e. The summed E-state index contributed by atoms with van der Waals surface area (Å²) in [6, 6.07) is 4.51. The Labute approximate surface area is 72.2 Å². The maximum absolute atomic E-state index is 4.24. The molecule has 1 aliphatic heterocycles. The van der Waals surface area contributed by atoms with E-state index in [-0.39, 0.29) is 0 Å². The monoisotopic (exact) mass is 163 g/mol. The van der Waals surface area contributed by atoms with Gasteiger partial charge >= 0.3 is 0 Å². The standard InChI is InChI=1S/C9H13N3/c1-2-7-6-11-8-4-3-5-10-9(8)12-7/h3-5,7,11H,2,6H2,1H3,(H,10,12). The Morgan fingerprint density at radius 2 is 2.58 bits per heavy atom. The molecule has 0 spiro atoms. The van der Waals surface area contributed by atoms with Crippen molar-refractivity contribution in [2.45, 2.75) is 19.4 Å². The van der Waals surface area contributed by atoms with Crippen molar-refractivity contribution in [3.8, 4) is 0 Å². The van der Waals surface area contributed by atoms with Crippen molar-refractivity contribution in [2.24, 2.45) is 0 Å². The summed E-state index contributed by atoms with van der Waals surface area (Å²) in [6.45, 7) is 3.17. The second kappa shape index (κ2) is 3.01. The molecule has 64 valence electrons. The van der Waals surface area contributed by atoms with Crippen molar-refractivity contribution >= 4 is 11.5 Å². The Morgan fingerprint density at radius 3 is 3.42 bits per heavy atom. The first-order valence-corrected chi connectivity index (χ1v) is 4.35. The molecule has 3 nitrogen and oxygen atoms in total. The highest BCUT2D eigenvalue weighted by molar-refractivity contribution is 5.66. The van der Waals surface area contributed by atoms with E-state index in [1.807, 2.05) is 18.3 Å². The number of pyridine rings is 1. The quantitative estimate of drug-likeness (QED) is 0.661. The van der Waals surface area contributed by atoms with E-state index in [9.17, 15) is 0 Å². The summed E-state index contributed by atoms with van der Waals surface area (Å²) in [4.78, 5) is 4.24. The first kappa shape index (κ1) is 7.40. The molecule has 0 fully saturated rings. The lowest BCUT2D eigenvalue weighted by Gasteiger charge is -2.26. The van der Waals surface area contributed by atoms with Gasteiger partial charge in [-0.05, 0) is 18.6 Å². The van der Waals surface area contributed by atoms with Crippen LogP contribution in [0.15, 0.2) is 18.3 Å². The largest absolute Gasteiger partial charge is 0.380 e. The van der Waals surface area contributed by atoms with Gasteiger partial charge in [0.25, 0.3) is 0 Å². The highest BCUT2D eigenvalue weighted by Crippen LogP contribution is 2.22. The predicted octanol–water partition coefficient (Wildman–Crippen LogP) is 1.70. The van der Waals surface area contributed by atoms with Crippen molar-refractivity contribution in [3.05, 3.63) is 18.3 Å². The second-order valence-corrected chi connectivity index (χ2v) is 3.03. The zero-order valence-electron chi connectivity index (χ0n) is 7.17. The van der Waals surface area contributed by atoms with Crippen LogP contribution in [-0.2, 0) is 0 Å². The van der Waals surface area contributed by atoms with Crippen molar-refractivity contribution in [1.29, 1.82) is 0 Å². The van der Waals surface area contributed by atoms with Crippen LogP contribution >= 0.6 is 0 Å². The Morgan fingerprint density at radius 1 is 1.67 bits per heavy atom. The van der Waals surface area contributed by atoms with E-state index in [1.54, 1.807) is 0 Å². The van der Waals surface area contributed by atoms with E-state index in [2.05, 4.69) is 22.5 Å². The molecule has 1 atom stereocenters. The molecular weight excluding hydrogens is 150 g/mol. The number of nitrogens with one attached hydrogen (secondary N) is 2. The van der Waals surface area contributed by atoms with Gasteiger partial charge in [0.2, 0.25) is 0 Å². The molecular formula is C9H13N3. The van der Waals surface area contributed by atoms with Gasteiger partial charge in [-0.2, -0.15) is 0 Å². The molecule has 0 saturated carbocycles. The van der Waals surface area contributed by atoms with Gasteiger partial charge in [0.1, 0.15) is 5.82 Å². The molecule has 1 unspecified atom stereocenters. The van der Waals surface area contributed by atoms with Crippen LogP contribution in [0, 0.1) is 0 Å². The fourth-order valence-electron chi connectivity index (χ4n) is 1.39. The molecule has 0 saturated heterocycles. The summed E-state index contributed by atoms with van der Waals surface area (Å²) in [5.74, 6) is 0.982. The van der Waals surface area contributed by atoms with E-state index in [0.29, 0.717) is 6.04 Å². The highest BCUT2D eigenvalue weighted by Gasteiger charge is 2.14. The number of hydrogen-bond acceptors (Lipinski definition) is 3. The lowest BCUT2D eigenvalue weighted by Crippen LogP contribution is -2.32. The topological polar surface area (TPSA) is 37.0 Å². The molecule has 0 amide bonds. The van der Waals surface area contributed by atoms with Gasteiger partial charge < -0.3 is 10.6 Å². The summed E-state index contributed by atoms with van der Waals surface area (Å²) in [6.07, 6.45) is 2.94. The van der Waals surface area contributed by atoms with Crippen LogP contribution in [0.1, 0.15) is 13.3 Å². The minimum absolute atomic E-state index is 0.521. The van der Waals surface area contributed by atoms with E-state index >= 15 is 0 Å². The molecule has 3 heteroatoms. The number of rotatable bonds is 1. The smallest absolute Gasteiger partial charge is 0.149 e. The SMILES string of the molecule is CCC1CNc2cccnc2N1. The van der Waals surface area contributed by atoms with Crippen LogP contribution in [-0.4, -0.2) is 17.6 Å². The van der Waals surface area contributed by atoms with Crippen LogP contribution in [0.2, 0.25) is 0 Å². The molecule has 0 bridgehead atoms. The molecule has 0 aliphatic carbocycles. The molecule has 2 rings (SSSR count). The number of anilines is 2. The van der Waals surface area contributed by atoms with Crippen molar-refractivity contribution in [1.82, 2.24) is 4.98 Å². The van der Waals surface area contributed by atoms with E-state index in [0.717, 1.165) is 24.5 Å². The van der Waals surface area contributed by atoms with Gasteiger partial charge in [-0.15, -0.1) is 0 Å². The summed E-state index contributed by atoms with van der Waals surface area (Å²) in [5, 5.41) is 6.71. The molecule has 2 N–H and O–H groups in total. The molecule has 1 aromatic heterocycles. The van der Waals surface area contributed by atoms with Crippen LogP contribution in [0.5, 0.6) is 0 Å². The number of nitrogens with zero attached hydrogens (tertiary/aromatic N) is 1. The van der Waals surface area contributed by atoms with Crippen LogP contribution in [0.3, 0.4) is 0 Å². The van der Waals surface area contributed by atoms with Gasteiger partial charge in [0.05, 0.1) is 5.69 Å². The second-order valence-electron chi connectivity index (χ2n) is 3.03. The van der Waals surface area contributed by atoms with E-state index in [4.69, 9.17) is 0 Å². The molecule has 1 aliphatic rings. The third-order valence-corrected chi connectivity index (χ3v) is 2.18. The summed E-state index contributed by atoms with van der Waals surface area (Å²) < 4.78 is 0. The van der Waals surface area contributed by atoms with E-state index in [1.165, 1.54) is 0 Å². The number of hydrogen-bond donors (Lipinski definition) is 2. The Bertz CT molecular complexity index is 272. The zero-order valence-corrected chi connectivity index (χ0v) is 7.17. The fraction of sp³-hybridized carbons (Fsp3) is 0.444.